The van der Waals surface area contributed by atoms with Crippen LogP contribution in [0.25, 0.3) is 11.1 Å². The van der Waals surface area contributed by atoms with Crippen LogP contribution in [0.15, 0.2) is 55.1 Å². The number of nitrogens with zero attached hydrogens (tertiary/aromatic N) is 8. The van der Waals surface area contributed by atoms with E-state index in [0.29, 0.717) is 46.2 Å². The lowest BCUT2D eigenvalue weighted by atomic mass is 9.73. The van der Waals surface area contributed by atoms with Crippen molar-refractivity contribution in [3.8, 4) is 28.7 Å². The molecule has 2 aromatic heterocycles. The molecule has 2 fully saturated rings. The molecular formula is C30H32N10O3. The Balaban J connectivity index is 1.12. The summed E-state index contributed by atoms with van der Waals surface area (Å²) in [5.41, 5.74) is 3.59. The van der Waals surface area contributed by atoms with Crippen LogP contribution in [0.5, 0.6) is 11.5 Å². The first-order chi connectivity index (χ1) is 20.9. The lowest BCUT2D eigenvalue weighted by molar-refractivity contribution is 0.0414. The summed E-state index contributed by atoms with van der Waals surface area (Å²) in [6, 6.07) is 12.9. The van der Waals surface area contributed by atoms with E-state index in [0.717, 1.165) is 50.1 Å². The van der Waals surface area contributed by atoms with E-state index in [4.69, 9.17) is 9.47 Å². The number of ether oxygens (including phenoxy) is 2. The van der Waals surface area contributed by atoms with Crippen molar-refractivity contribution in [3.05, 3.63) is 66.2 Å². The summed E-state index contributed by atoms with van der Waals surface area (Å²) < 4.78 is 13.2. The van der Waals surface area contributed by atoms with E-state index < -0.39 is 0 Å². The van der Waals surface area contributed by atoms with Crippen molar-refractivity contribution in [1.29, 1.82) is 5.26 Å². The van der Waals surface area contributed by atoms with Gasteiger partial charge in [-0.15, -0.1) is 5.10 Å². The van der Waals surface area contributed by atoms with Crippen LogP contribution >= 0.6 is 0 Å². The topological polar surface area (TPSA) is 156 Å². The summed E-state index contributed by atoms with van der Waals surface area (Å²) in [7, 11) is 1.57. The number of carbonyl (C=O) groups is 1. The van der Waals surface area contributed by atoms with E-state index in [-0.39, 0.29) is 12.0 Å². The number of aromatic nitrogens is 6. The summed E-state index contributed by atoms with van der Waals surface area (Å²) in [6.45, 7) is 5.97. The van der Waals surface area contributed by atoms with Crippen molar-refractivity contribution in [2.24, 2.45) is 5.41 Å². The van der Waals surface area contributed by atoms with E-state index in [9.17, 15) is 10.1 Å². The van der Waals surface area contributed by atoms with Crippen LogP contribution in [0.4, 0.5) is 11.6 Å². The molecule has 0 radical (unpaired) electrons. The Labute approximate surface area is 248 Å². The summed E-state index contributed by atoms with van der Waals surface area (Å²) in [6.07, 6.45) is 6.69. The Morgan fingerprint density at radius 2 is 1.91 bits per heavy atom. The number of tetrazole rings is 1. The first-order valence-electron chi connectivity index (χ1n) is 14.1. The zero-order valence-electron chi connectivity index (χ0n) is 24.0. The molecule has 1 spiro atoms. The molecule has 1 unspecified atom stereocenters. The van der Waals surface area contributed by atoms with Crippen LogP contribution in [0, 0.1) is 16.7 Å². The van der Waals surface area contributed by atoms with Crippen molar-refractivity contribution >= 4 is 17.5 Å². The number of piperidine rings is 1. The van der Waals surface area contributed by atoms with Gasteiger partial charge in [0.15, 0.2) is 0 Å². The molecule has 2 aliphatic heterocycles. The van der Waals surface area contributed by atoms with E-state index in [1.54, 1.807) is 48.5 Å². The highest BCUT2D eigenvalue weighted by molar-refractivity contribution is 5.95. The molecule has 1 amide bonds. The van der Waals surface area contributed by atoms with E-state index in [1.165, 1.54) is 6.33 Å². The minimum absolute atomic E-state index is 0.0168. The molecule has 2 N–H and O–H groups in total. The summed E-state index contributed by atoms with van der Waals surface area (Å²) in [5.74, 6) is 1.37. The third-order valence-electron chi connectivity index (χ3n) is 8.06. The van der Waals surface area contributed by atoms with Gasteiger partial charge in [0.2, 0.25) is 5.95 Å². The molecule has 4 heterocycles. The van der Waals surface area contributed by atoms with Gasteiger partial charge >= 0.3 is 0 Å². The van der Waals surface area contributed by atoms with E-state index in [2.05, 4.69) is 42.2 Å². The minimum Gasteiger partial charge on any atom is -0.495 e. The maximum absolute atomic E-state index is 13.2. The molecule has 0 bridgehead atoms. The average Bonchev–Trinajstić information content (AvgIpc) is 3.53. The quantitative estimate of drug-likeness (QED) is 0.300. The highest BCUT2D eigenvalue weighted by atomic mass is 16.5. The van der Waals surface area contributed by atoms with Gasteiger partial charge in [-0.05, 0) is 71.5 Å². The Morgan fingerprint density at radius 3 is 2.56 bits per heavy atom. The van der Waals surface area contributed by atoms with Crippen LogP contribution in [0.1, 0.15) is 35.7 Å². The van der Waals surface area contributed by atoms with Crippen LogP contribution < -0.4 is 20.1 Å². The first kappa shape index (κ1) is 28.0. The largest absolute Gasteiger partial charge is 0.495 e. The van der Waals surface area contributed by atoms with Gasteiger partial charge < -0.3 is 25.0 Å². The molecule has 6 rings (SSSR count). The molecule has 0 aliphatic carbocycles. The number of hydrogen-bond acceptors (Lipinski definition) is 11. The van der Waals surface area contributed by atoms with Crippen molar-refractivity contribution in [2.75, 3.05) is 38.6 Å². The van der Waals surface area contributed by atoms with Gasteiger partial charge in [0.05, 0.1) is 24.9 Å². The number of likely N-dealkylation sites (tertiary alicyclic amines) is 1. The third kappa shape index (κ3) is 6.09. The van der Waals surface area contributed by atoms with E-state index >= 15 is 0 Å². The molecule has 2 saturated heterocycles. The van der Waals surface area contributed by atoms with Crippen LogP contribution in [-0.2, 0) is 6.54 Å². The normalized spacial score (nSPS) is 16.2. The van der Waals surface area contributed by atoms with Crippen LogP contribution in [-0.4, -0.2) is 80.4 Å². The summed E-state index contributed by atoms with van der Waals surface area (Å²) in [4.78, 5) is 24.1. The number of carbonyl (C=O) groups excluding carboxylic acids is 1. The standard InChI is InChI=1S/C30H32N10O3/c1-20(16-40-19-35-37-38-40)43-26-11-21(3-4-23(26)13-31)24-14-33-29(34-15-24)36-25-6-5-22(12-27(25)42-2)28(41)39-9-7-30(8-10-39)17-32-18-30/h3-6,11-12,14-15,19-20,32H,7-10,16-18H2,1-2H3,(H,33,34,36). The average molecular weight is 581 g/mol. The molecular weight excluding hydrogens is 548 g/mol. The second kappa shape index (κ2) is 12.0. The lowest BCUT2D eigenvalue weighted by Gasteiger charge is -2.48. The van der Waals surface area contributed by atoms with Crippen molar-refractivity contribution in [1.82, 2.24) is 40.4 Å². The van der Waals surface area contributed by atoms with Gasteiger partial charge in [-0.25, -0.2) is 14.6 Å². The highest BCUT2D eigenvalue weighted by Crippen LogP contribution is 2.36. The van der Waals surface area contributed by atoms with Crippen molar-refractivity contribution < 1.29 is 14.3 Å². The molecule has 2 aromatic carbocycles. The molecule has 4 aromatic rings. The molecule has 220 valence electrons. The van der Waals surface area contributed by atoms with Gasteiger partial charge in [-0.2, -0.15) is 5.26 Å². The van der Waals surface area contributed by atoms with Crippen molar-refractivity contribution in [3.63, 3.8) is 0 Å². The molecule has 1 atom stereocenters. The van der Waals surface area contributed by atoms with Crippen LogP contribution in [0.2, 0.25) is 0 Å². The second-order valence-corrected chi connectivity index (χ2v) is 11.0. The fourth-order valence-corrected chi connectivity index (χ4v) is 5.46. The number of hydrogen-bond donors (Lipinski definition) is 2. The third-order valence-corrected chi connectivity index (χ3v) is 8.06. The zero-order valence-corrected chi connectivity index (χ0v) is 24.0. The zero-order chi connectivity index (χ0) is 29.8. The number of nitrogens with one attached hydrogen (secondary N) is 2. The maximum Gasteiger partial charge on any atom is 0.253 e. The van der Waals surface area contributed by atoms with Gasteiger partial charge in [-0.1, -0.05) is 6.07 Å². The fourth-order valence-electron chi connectivity index (χ4n) is 5.46. The molecule has 13 heteroatoms. The van der Waals surface area contributed by atoms with Gasteiger partial charge in [0.25, 0.3) is 5.91 Å². The smallest absolute Gasteiger partial charge is 0.253 e. The van der Waals surface area contributed by atoms with Gasteiger partial charge in [0, 0.05) is 49.7 Å². The fraction of sp³-hybridized carbons (Fsp3) is 0.367. The monoisotopic (exact) mass is 580 g/mol. The summed E-state index contributed by atoms with van der Waals surface area (Å²) >= 11 is 0. The predicted octanol–water partition coefficient (Wildman–Crippen LogP) is 3.05. The number of anilines is 2. The SMILES string of the molecule is COc1cc(C(=O)N2CCC3(CC2)CNC3)ccc1Nc1ncc(-c2ccc(C#N)c(OC(C)Cn3cnnn3)c2)cn1. The number of amides is 1. The Hall–Kier alpha value is -5.09. The molecule has 43 heavy (non-hydrogen) atoms. The van der Waals surface area contributed by atoms with E-state index in [1.807, 2.05) is 24.0 Å². The molecule has 0 saturated carbocycles. The van der Waals surface area contributed by atoms with Crippen molar-refractivity contribution in [2.45, 2.75) is 32.4 Å². The number of rotatable bonds is 9. The number of nitriles is 1. The summed E-state index contributed by atoms with van der Waals surface area (Å²) in [5, 5.41) is 27.2. The maximum atomic E-state index is 13.2. The second-order valence-electron chi connectivity index (χ2n) is 11.0. The number of benzene rings is 2. The Kier molecular flexibility index (Phi) is 7.84. The van der Waals surface area contributed by atoms with Gasteiger partial charge in [0.1, 0.15) is 30.0 Å². The predicted molar refractivity (Wildman–Crippen MR) is 157 cm³/mol. The van der Waals surface area contributed by atoms with Gasteiger partial charge in [-0.3, -0.25) is 4.79 Å². The molecule has 13 nitrogen and oxygen atoms in total. The Morgan fingerprint density at radius 1 is 1.12 bits per heavy atom. The van der Waals surface area contributed by atoms with Crippen LogP contribution in [0.3, 0.4) is 0 Å². The molecule has 2 aliphatic rings. The lowest BCUT2D eigenvalue weighted by Crippen LogP contribution is -2.58. The minimum atomic E-state index is -0.276. The number of methoxy groups -OCH3 is 1. The first-order valence-corrected chi connectivity index (χ1v) is 14.1. The highest BCUT2D eigenvalue weighted by Gasteiger charge is 2.40. The Bertz CT molecular complexity index is 1620.